The van der Waals surface area contributed by atoms with Crippen LogP contribution in [0.4, 0.5) is 0 Å². The second-order valence-corrected chi connectivity index (χ2v) is 4.74. The summed E-state index contributed by atoms with van der Waals surface area (Å²) in [5.74, 6) is -0.253. The van der Waals surface area contributed by atoms with Gasteiger partial charge in [0.25, 0.3) is 0 Å². The van der Waals surface area contributed by atoms with E-state index in [-0.39, 0.29) is 12.0 Å². The minimum absolute atomic E-state index is 0.186. The molecule has 0 bridgehead atoms. The van der Waals surface area contributed by atoms with Gasteiger partial charge < -0.3 is 15.2 Å². The number of carboxylic acids is 1. The predicted octanol–water partition coefficient (Wildman–Crippen LogP) is 0.734. The van der Waals surface area contributed by atoms with Crippen molar-refractivity contribution in [2.75, 3.05) is 18.1 Å². The summed E-state index contributed by atoms with van der Waals surface area (Å²) in [4.78, 5) is 21.5. The molecule has 0 saturated heterocycles. The van der Waals surface area contributed by atoms with Crippen LogP contribution in [0.15, 0.2) is 0 Å². The van der Waals surface area contributed by atoms with Crippen LogP contribution in [0.5, 0.6) is 0 Å². The molecule has 0 rings (SSSR count). The molecule has 94 valence electrons. The highest BCUT2D eigenvalue weighted by atomic mass is 32.2. The van der Waals surface area contributed by atoms with Gasteiger partial charge in [-0.05, 0) is 13.8 Å². The molecule has 0 aromatic carbocycles. The number of hydrogen-bond acceptors (Lipinski definition) is 4. The third-order valence-electron chi connectivity index (χ3n) is 1.64. The summed E-state index contributed by atoms with van der Waals surface area (Å²) in [7, 11) is 0. The van der Waals surface area contributed by atoms with E-state index in [1.807, 2.05) is 13.8 Å². The minimum atomic E-state index is -1.01. The first-order valence-corrected chi connectivity index (χ1v) is 6.28. The molecule has 0 aliphatic carbocycles. The number of carboxylic acid groups (broad SMARTS) is 1. The van der Waals surface area contributed by atoms with Gasteiger partial charge in [-0.1, -0.05) is 0 Å². The van der Waals surface area contributed by atoms with E-state index in [0.717, 1.165) is 5.75 Å². The van der Waals surface area contributed by atoms with Crippen molar-refractivity contribution >= 4 is 23.6 Å². The number of carbonyl (C=O) groups excluding carboxylic acids is 1. The quantitative estimate of drug-likeness (QED) is 0.620. The van der Waals surface area contributed by atoms with Crippen molar-refractivity contribution in [3.63, 3.8) is 0 Å². The maximum Gasteiger partial charge on any atom is 0.327 e. The largest absolute Gasteiger partial charge is 0.480 e. The average molecular weight is 249 g/mol. The molecular formula is C10H19NO4S. The third kappa shape index (κ3) is 8.55. The second kappa shape index (κ2) is 8.41. The van der Waals surface area contributed by atoms with E-state index >= 15 is 0 Å². The highest BCUT2D eigenvalue weighted by Crippen LogP contribution is 2.04. The zero-order chi connectivity index (χ0) is 12.6. The molecule has 0 aromatic heterocycles. The first kappa shape index (κ1) is 15.2. The van der Waals surface area contributed by atoms with Crippen molar-refractivity contribution in [2.24, 2.45) is 0 Å². The topological polar surface area (TPSA) is 75.6 Å². The number of hydrogen-bond donors (Lipinski definition) is 2. The summed E-state index contributed by atoms with van der Waals surface area (Å²) in [6, 6.07) is -0.818. The lowest BCUT2D eigenvalue weighted by atomic mass is 10.3. The molecule has 16 heavy (non-hydrogen) atoms. The summed E-state index contributed by atoms with van der Waals surface area (Å²) in [5, 5.41) is 11.2. The molecular weight excluding hydrogens is 230 g/mol. The highest BCUT2D eigenvalue weighted by molar-refractivity contribution is 7.99. The van der Waals surface area contributed by atoms with E-state index in [4.69, 9.17) is 9.84 Å². The third-order valence-corrected chi connectivity index (χ3v) is 2.66. The van der Waals surface area contributed by atoms with Crippen LogP contribution in [0.2, 0.25) is 0 Å². The zero-order valence-electron chi connectivity index (χ0n) is 9.86. The lowest BCUT2D eigenvalue weighted by Gasteiger charge is -2.13. The summed E-state index contributed by atoms with van der Waals surface area (Å²) >= 11 is 1.45. The molecule has 6 heteroatoms. The Morgan fingerprint density at radius 3 is 2.50 bits per heavy atom. The molecule has 0 fully saturated rings. The Labute approximate surface area is 99.9 Å². The van der Waals surface area contributed by atoms with Crippen molar-refractivity contribution < 1.29 is 19.4 Å². The normalized spacial score (nSPS) is 12.5. The summed E-state index contributed by atoms with van der Waals surface area (Å²) in [6.07, 6.45) is 0.186. The van der Waals surface area contributed by atoms with Crippen LogP contribution in [0.1, 0.15) is 20.8 Å². The Morgan fingerprint density at radius 2 is 2.06 bits per heavy atom. The van der Waals surface area contributed by atoms with Gasteiger partial charge >= 0.3 is 5.97 Å². The van der Waals surface area contributed by atoms with Gasteiger partial charge in [0.15, 0.2) is 0 Å². The molecule has 0 heterocycles. The van der Waals surface area contributed by atoms with Crippen LogP contribution in [0, 0.1) is 0 Å². The number of ether oxygens (including phenoxy) is 1. The molecule has 0 radical (unpaired) electrons. The summed E-state index contributed by atoms with van der Waals surface area (Å²) in [5.41, 5.74) is 0. The number of aliphatic carboxylic acids is 1. The van der Waals surface area contributed by atoms with Crippen molar-refractivity contribution in [3.8, 4) is 0 Å². The van der Waals surface area contributed by atoms with E-state index in [2.05, 4.69) is 5.32 Å². The Morgan fingerprint density at radius 1 is 1.44 bits per heavy atom. The number of amides is 1. The molecule has 0 spiro atoms. The molecule has 1 amide bonds. The van der Waals surface area contributed by atoms with E-state index in [0.29, 0.717) is 12.4 Å². The summed E-state index contributed by atoms with van der Waals surface area (Å²) < 4.78 is 5.31. The van der Waals surface area contributed by atoms with Gasteiger partial charge in [0.2, 0.25) is 5.91 Å². The van der Waals surface area contributed by atoms with Crippen LogP contribution in [-0.2, 0) is 14.3 Å². The fourth-order valence-electron chi connectivity index (χ4n) is 0.964. The zero-order valence-corrected chi connectivity index (χ0v) is 10.7. The maximum atomic E-state index is 10.7. The van der Waals surface area contributed by atoms with E-state index in [1.165, 1.54) is 18.7 Å². The fraction of sp³-hybridized carbons (Fsp3) is 0.800. The SMILES string of the molecule is CC(=O)NC(CSCCOC(C)C)C(=O)O. The first-order chi connectivity index (χ1) is 7.43. The van der Waals surface area contributed by atoms with Gasteiger partial charge in [-0.25, -0.2) is 4.79 Å². The number of rotatable bonds is 8. The van der Waals surface area contributed by atoms with E-state index < -0.39 is 12.0 Å². The second-order valence-electron chi connectivity index (χ2n) is 3.59. The average Bonchev–Trinajstić information content (AvgIpc) is 2.14. The fourth-order valence-corrected chi connectivity index (χ4v) is 1.81. The van der Waals surface area contributed by atoms with Crippen molar-refractivity contribution in [1.29, 1.82) is 0 Å². The molecule has 0 aliphatic heterocycles. The lowest BCUT2D eigenvalue weighted by molar-refractivity contribution is -0.140. The standard InChI is InChI=1S/C10H19NO4S/c1-7(2)15-4-5-16-6-9(10(13)14)11-8(3)12/h7,9H,4-6H2,1-3H3,(H,11,12)(H,13,14). The Kier molecular flexibility index (Phi) is 8.01. The van der Waals surface area contributed by atoms with Crippen LogP contribution in [0.25, 0.3) is 0 Å². The van der Waals surface area contributed by atoms with Crippen LogP contribution in [-0.4, -0.2) is 47.2 Å². The Bertz CT molecular complexity index is 233. The van der Waals surface area contributed by atoms with Gasteiger partial charge in [-0.3, -0.25) is 4.79 Å². The smallest absolute Gasteiger partial charge is 0.327 e. The summed E-state index contributed by atoms with van der Waals surface area (Å²) in [6.45, 7) is 5.79. The molecule has 1 atom stereocenters. The monoisotopic (exact) mass is 249 g/mol. The van der Waals surface area contributed by atoms with Crippen molar-refractivity contribution in [1.82, 2.24) is 5.32 Å². The highest BCUT2D eigenvalue weighted by Gasteiger charge is 2.17. The Balaban J connectivity index is 3.69. The first-order valence-electron chi connectivity index (χ1n) is 5.12. The van der Waals surface area contributed by atoms with Gasteiger partial charge in [0.05, 0.1) is 12.7 Å². The van der Waals surface area contributed by atoms with Gasteiger partial charge in [0, 0.05) is 18.4 Å². The van der Waals surface area contributed by atoms with E-state index in [9.17, 15) is 9.59 Å². The van der Waals surface area contributed by atoms with Crippen LogP contribution < -0.4 is 5.32 Å². The number of carbonyl (C=O) groups is 2. The van der Waals surface area contributed by atoms with Crippen molar-refractivity contribution in [3.05, 3.63) is 0 Å². The van der Waals surface area contributed by atoms with Crippen LogP contribution >= 0.6 is 11.8 Å². The van der Waals surface area contributed by atoms with Crippen LogP contribution in [0.3, 0.4) is 0 Å². The molecule has 5 nitrogen and oxygen atoms in total. The van der Waals surface area contributed by atoms with Crippen molar-refractivity contribution in [2.45, 2.75) is 32.9 Å². The number of thioether (sulfide) groups is 1. The molecule has 0 saturated carbocycles. The predicted molar refractivity (Wildman–Crippen MR) is 63.7 cm³/mol. The maximum absolute atomic E-state index is 10.7. The van der Waals surface area contributed by atoms with Gasteiger partial charge in [-0.15, -0.1) is 0 Å². The molecule has 0 aromatic rings. The lowest BCUT2D eigenvalue weighted by Crippen LogP contribution is -2.41. The molecule has 2 N–H and O–H groups in total. The van der Waals surface area contributed by atoms with E-state index in [1.54, 1.807) is 0 Å². The molecule has 1 unspecified atom stereocenters. The van der Waals surface area contributed by atoms with Gasteiger partial charge in [-0.2, -0.15) is 11.8 Å². The number of nitrogens with one attached hydrogen (secondary N) is 1. The molecule has 0 aliphatic rings. The van der Waals surface area contributed by atoms with Gasteiger partial charge in [0.1, 0.15) is 6.04 Å². The minimum Gasteiger partial charge on any atom is -0.480 e. The Hall–Kier alpha value is -0.750.